The Morgan fingerprint density at radius 3 is 2.74 bits per heavy atom. The van der Waals surface area contributed by atoms with E-state index in [2.05, 4.69) is 0 Å². The molecule has 1 aliphatic rings. The standard InChI is InChI=1S/C15H24N2O2/c1-2-17(12-13-7-6-10-19-13)14(18)11-15(16)8-4-3-5-9-15/h6-7,10H,2-5,8-9,11-12,16H2,1H3. The Kier molecular flexibility index (Phi) is 4.64. The molecule has 0 aromatic carbocycles. The van der Waals surface area contributed by atoms with Gasteiger partial charge in [-0.1, -0.05) is 19.3 Å². The molecule has 0 spiro atoms. The summed E-state index contributed by atoms with van der Waals surface area (Å²) in [6, 6.07) is 3.74. The second-order valence-electron chi connectivity index (χ2n) is 5.59. The van der Waals surface area contributed by atoms with Gasteiger partial charge in [0.1, 0.15) is 5.76 Å². The van der Waals surface area contributed by atoms with Gasteiger partial charge >= 0.3 is 0 Å². The van der Waals surface area contributed by atoms with Crippen molar-refractivity contribution in [2.24, 2.45) is 5.73 Å². The lowest BCUT2D eigenvalue weighted by Gasteiger charge is -2.34. The van der Waals surface area contributed by atoms with Crippen molar-refractivity contribution < 1.29 is 9.21 Å². The van der Waals surface area contributed by atoms with Gasteiger partial charge in [0.2, 0.25) is 5.91 Å². The Balaban J connectivity index is 1.92. The highest BCUT2D eigenvalue weighted by atomic mass is 16.3. The van der Waals surface area contributed by atoms with Crippen molar-refractivity contribution in [3.05, 3.63) is 24.2 Å². The van der Waals surface area contributed by atoms with Gasteiger partial charge in [0.25, 0.3) is 0 Å². The fraction of sp³-hybridized carbons (Fsp3) is 0.667. The van der Waals surface area contributed by atoms with E-state index in [1.807, 2.05) is 24.0 Å². The lowest BCUT2D eigenvalue weighted by Crippen LogP contribution is -2.46. The first-order chi connectivity index (χ1) is 9.13. The van der Waals surface area contributed by atoms with Gasteiger partial charge in [0.15, 0.2) is 0 Å². The largest absolute Gasteiger partial charge is 0.467 e. The lowest BCUT2D eigenvalue weighted by atomic mass is 9.80. The number of hydrogen-bond donors (Lipinski definition) is 1. The van der Waals surface area contributed by atoms with Gasteiger partial charge in [0.05, 0.1) is 12.8 Å². The molecule has 1 fully saturated rings. The molecule has 0 bridgehead atoms. The molecule has 1 heterocycles. The molecule has 106 valence electrons. The summed E-state index contributed by atoms with van der Waals surface area (Å²) in [5.41, 5.74) is 6.07. The molecular weight excluding hydrogens is 240 g/mol. The van der Waals surface area contributed by atoms with E-state index in [9.17, 15) is 4.79 Å². The van der Waals surface area contributed by atoms with Crippen LogP contribution in [-0.4, -0.2) is 22.9 Å². The van der Waals surface area contributed by atoms with Crippen LogP contribution < -0.4 is 5.73 Å². The molecular formula is C15H24N2O2. The van der Waals surface area contributed by atoms with E-state index < -0.39 is 0 Å². The zero-order valence-corrected chi connectivity index (χ0v) is 11.7. The van der Waals surface area contributed by atoms with Gasteiger partial charge in [-0.2, -0.15) is 0 Å². The van der Waals surface area contributed by atoms with Crippen molar-refractivity contribution in [3.63, 3.8) is 0 Å². The molecule has 0 radical (unpaired) electrons. The number of amides is 1. The summed E-state index contributed by atoms with van der Waals surface area (Å²) in [7, 11) is 0. The van der Waals surface area contributed by atoms with Crippen LogP contribution in [0.5, 0.6) is 0 Å². The Bertz CT molecular complexity index is 394. The number of nitrogens with two attached hydrogens (primary N) is 1. The highest BCUT2D eigenvalue weighted by Gasteiger charge is 2.31. The Hall–Kier alpha value is -1.29. The molecule has 2 rings (SSSR count). The van der Waals surface area contributed by atoms with Gasteiger partial charge in [-0.3, -0.25) is 4.79 Å². The molecule has 1 saturated carbocycles. The summed E-state index contributed by atoms with van der Waals surface area (Å²) >= 11 is 0. The van der Waals surface area contributed by atoms with Gasteiger partial charge in [-0.05, 0) is 31.9 Å². The minimum absolute atomic E-state index is 0.142. The van der Waals surface area contributed by atoms with Crippen LogP contribution >= 0.6 is 0 Å². The molecule has 0 saturated heterocycles. The van der Waals surface area contributed by atoms with Crippen molar-refractivity contribution in [1.29, 1.82) is 0 Å². The summed E-state index contributed by atoms with van der Waals surface area (Å²) in [6.45, 7) is 3.22. The SMILES string of the molecule is CCN(Cc1ccco1)C(=O)CC1(N)CCCCC1. The quantitative estimate of drug-likeness (QED) is 0.889. The first-order valence-electron chi connectivity index (χ1n) is 7.22. The number of furan rings is 1. The van der Waals surface area contributed by atoms with Crippen molar-refractivity contribution in [1.82, 2.24) is 4.90 Å². The van der Waals surface area contributed by atoms with Crippen LogP contribution in [0.3, 0.4) is 0 Å². The molecule has 1 aromatic rings. The molecule has 0 aliphatic heterocycles. The minimum atomic E-state index is -0.286. The fourth-order valence-electron chi connectivity index (χ4n) is 2.81. The van der Waals surface area contributed by atoms with Crippen molar-refractivity contribution >= 4 is 5.91 Å². The lowest BCUT2D eigenvalue weighted by molar-refractivity contribution is -0.133. The van der Waals surface area contributed by atoms with Crippen LogP contribution in [0.4, 0.5) is 0 Å². The normalized spacial score (nSPS) is 18.2. The first-order valence-corrected chi connectivity index (χ1v) is 7.22. The van der Waals surface area contributed by atoms with E-state index >= 15 is 0 Å². The third kappa shape index (κ3) is 3.83. The van der Waals surface area contributed by atoms with Crippen LogP contribution in [0.1, 0.15) is 51.2 Å². The zero-order chi connectivity index (χ0) is 13.7. The molecule has 1 amide bonds. The van der Waals surface area contributed by atoms with Crippen molar-refractivity contribution in [3.8, 4) is 0 Å². The summed E-state index contributed by atoms with van der Waals surface area (Å²) in [4.78, 5) is 14.2. The summed E-state index contributed by atoms with van der Waals surface area (Å²) in [5, 5.41) is 0. The maximum Gasteiger partial charge on any atom is 0.224 e. The topological polar surface area (TPSA) is 59.5 Å². The van der Waals surface area contributed by atoms with E-state index in [1.54, 1.807) is 6.26 Å². The van der Waals surface area contributed by atoms with Crippen LogP contribution in [-0.2, 0) is 11.3 Å². The summed E-state index contributed by atoms with van der Waals surface area (Å²) < 4.78 is 5.31. The average Bonchev–Trinajstić information content (AvgIpc) is 2.89. The van der Waals surface area contributed by atoms with E-state index in [0.29, 0.717) is 19.5 Å². The number of carbonyl (C=O) groups is 1. The summed E-state index contributed by atoms with van der Waals surface area (Å²) in [5.74, 6) is 0.966. The maximum absolute atomic E-state index is 12.4. The molecule has 4 nitrogen and oxygen atoms in total. The first kappa shape index (κ1) is 14.1. The molecule has 1 aliphatic carbocycles. The monoisotopic (exact) mass is 264 g/mol. The molecule has 19 heavy (non-hydrogen) atoms. The van der Waals surface area contributed by atoms with Gasteiger partial charge in [-0.15, -0.1) is 0 Å². The van der Waals surface area contributed by atoms with Crippen LogP contribution in [0, 0.1) is 0 Å². The number of hydrogen-bond acceptors (Lipinski definition) is 3. The minimum Gasteiger partial charge on any atom is -0.467 e. The van der Waals surface area contributed by atoms with E-state index in [1.165, 1.54) is 6.42 Å². The highest BCUT2D eigenvalue weighted by molar-refractivity contribution is 5.77. The number of nitrogens with zero attached hydrogens (tertiary/aromatic N) is 1. The Morgan fingerprint density at radius 2 is 2.16 bits per heavy atom. The molecule has 1 aromatic heterocycles. The smallest absolute Gasteiger partial charge is 0.224 e. The van der Waals surface area contributed by atoms with Crippen LogP contribution in [0.15, 0.2) is 22.8 Å². The van der Waals surface area contributed by atoms with E-state index in [4.69, 9.17) is 10.2 Å². The summed E-state index contributed by atoms with van der Waals surface area (Å²) in [6.07, 6.45) is 7.58. The van der Waals surface area contributed by atoms with Gasteiger partial charge in [-0.25, -0.2) is 0 Å². The maximum atomic E-state index is 12.4. The highest BCUT2D eigenvalue weighted by Crippen LogP contribution is 2.29. The molecule has 0 atom stereocenters. The zero-order valence-electron chi connectivity index (χ0n) is 11.7. The van der Waals surface area contributed by atoms with Crippen molar-refractivity contribution in [2.45, 2.75) is 57.5 Å². The van der Waals surface area contributed by atoms with Crippen molar-refractivity contribution in [2.75, 3.05) is 6.54 Å². The average molecular weight is 264 g/mol. The Morgan fingerprint density at radius 1 is 1.42 bits per heavy atom. The predicted octanol–water partition coefficient (Wildman–Crippen LogP) is 2.68. The third-order valence-corrected chi connectivity index (χ3v) is 4.01. The van der Waals surface area contributed by atoms with Gasteiger partial charge in [0, 0.05) is 18.5 Å². The second-order valence-corrected chi connectivity index (χ2v) is 5.59. The molecule has 4 heteroatoms. The Labute approximate surface area is 114 Å². The second kappa shape index (κ2) is 6.24. The number of carbonyl (C=O) groups excluding carboxylic acids is 1. The predicted molar refractivity (Wildman–Crippen MR) is 74.4 cm³/mol. The molecule has 0 unspecified atom stereocenters. The number of rotatable bonds is 5. The van der Waals surface area contributed by atoms with Crippen LogP contribution in [0.2, 0.25) is 0 Å². The third-order valence-electron chi connectivity index (χ3n) is 4.01. The van der Waals surface area contributed by atoms with E-state index in [0.717, 1.165) is 31.4 Å². The van der Waals surface area contributed by atoms with Gasteiger partial charge < -0.3 is 15.1 Å². The van der Waals surface area contributed by atoms with Crippen LogP contribution in [0.25, 0.3) is 0 Å². The molecule has 2 N–H and O–H groups in total. The fourth-order valence-corrected chi connectivity index (χ4v) is 2.81. The van der Waals surface area contributed by atoms with E-state index in [-0.39, 0.29) is 11.4 Å².